The van der Waals surface area contributed by atoms with Crippen LogP contribution in [0.1, 0.15) is 21.8 Å². The summed E-state index contributed by atoms with van der Waals surface area (Å²) >= 11 is 5.38. The van der Waals surface area contributed by atoms with E-state index in [9.17, 15) is 0 Å². The van der Waals surface area contributed by atoms with Crippen molar-refractivity contribution in [2.75, 3.05) is 14.1 Å². The van der Waals surface area contributed by atoms with E-state index in [1.165, 1.54) is 15.6 Å². The molecule has 0 spiro atoms. The van der Waals surface area contributed by atoms with Crippen LogP contribution in [0.2, 0.25) is 0 Å². The molecule has 0 aliphatic rings. The van der Waals surface area contributed by atoms with E-state index in [2.05, 4.69) is 61.8 Å². The van der Waals surface area contributed by atoms with Crippen molar-refractivity contribution >= 4 is 27.3 Å². The molecule has 2 rings (SSSR count). The van der Waals surface area contributed by atoms with Crippen molar-refractivity contribution in [3.63, 3.8) is 0 Å². The smallest absolute Gasteiger partial charge is 0.0897 e. The molecule has 0 saturated heterocycles. The van der Waals surface area contributed by atoms with Gasteiger partial charge in [0, 0.05) is 29.5 Å². The normalized spacial score (nSPS) is 11.2. The van der Waals surface area contributed by atoms with Gasteiger partial charge >= 0.3 is 0 Å². The summed E-state index contributed by atoms with van der Waals surface area (Å²) in [6.07, 6.45) is 0. The van der Waals surface area contributed by atoms with Crippen molar-refractivity contribution in [3.8, 4) is 0 Å². The lowest BCUT2D eigenvalue weighted by Gasteiger charge is -2.17. The third-order valence-corrected chi connectivity index (χ3v) is 4.60. The van der Waals surface area contributed by atoms with E-state index in [0.717, 1.165) is 30.3 Å². The molecule has 1 aromatic heterocycles. The van der Waals surface area contributed by atoms with Gasteiger partial charge in [-0.25, -0.2) is 4.98 Å². The SMILES string of the molecule is CNCc1ccc(CN(C)Cc2csc(C)n2)c(Br)c1. The highest BCUT2D eigenvalue weighted by Crippen LogP contribution is 2.21. The fraction of sp³-hybridized carbons (Fsp3) is 0.400. The number of halogens is 1. The molecule has 5 heteroatoms. The molecule has 0 unspecified atom stereocenters. The Bertz CT molecular complexity index is 568. The molecule has 0 fully saturated rings. The second-order valence-electron chi connectivity index (χ2n) is 4.99. The lowest BCUT2D eigenvalue weighted by molar-refractivity contribution is 0.315. The molecular weight excluding hydrogens is 334 g/mol. The first-order valence-corrected chi connectivity index (χ1v) is 8.27. The Hall–Kier alpha value is -0.750. The topological polar surface area (TPSA) is 28.2 Å². The van der Waals surface area contributed by atoms with Crippen LogP contribution in [0.4, 0.5) is 0 Å². The first-order chi connectivity index (χ1) is 9.58. The van der Waals surface area contributed by atoms with Crippen LogP contribution in [0.5, 0.6) is 0 Å². The summed E-state index contributed by atoms with van der Waals surface area (Å²) in [5.41, 5.74) is 3.75. The number of rotatable bonds is 6. The second-order valence-corrected chi connectivity index (χ2v) is 6.90. The van der Waals surface area contributed by atoms with Gasteiger partial charge in [-0.05, 0) is 38.2 Å². The number of nitrogens with one attached hydrogen (secondary N) is 1. The summed E-state index contributed by atoms with van der Waals surface area (Å²) in [5.74, 6) is 0. The largest absolute Gasteiger partial charge is 0.316 e. The van der Waals surface area contributed by atoms with Crippen LogP contribution < -0.4 is 5.32 Å². The van der Waals surface area contributed by atoms with E-state index in [1.807, 2.05) is 14.0 Å². The Morgan fingerprint density at radius 2 is 2.15 bits per heavy atom. The molecule has 20 heavy (non-hydrogen) atoms. The Balaban J connectivity index is 1.98. The molecule has 1 N–H and O–H groups in total. The molecule has 0 saturated carbocycles. The van der Waals surface area contributed by atoms with Crippen molar-refractivity contribution in [3.05, 3.63) is 49.9 Å². The van der Waals surface area contributed by atoms with Gasteiger partial charge in [0.15, 0.2) is 0 Å². The number of nitrogens with zero attached hydrogens (tertiary/aromatic N) is 2. The zero-order valence-electron chi connectivity index (χ0n) is 12.1. The molecule has 1 heterocycles. The summed E-state index contributed by atoms with van der Waals surface area (Å²) in [4.78, 5) is 6.79. The maximum absolute atomic E-state index is 4.51. The molecule has 108 valence electrons. The highest BCUT2D eigenvalue weighted by atomic mass is 79.9. The van der Waals surface area contributed by atoms with Gasteiger partial charge in [0.05, 0.1) is 10.7 Å². The van der Waals surface area contributed by atoms with E-state index in [0.29, 0.717) is 0 Å². The maximum Gasteiger partial charge on any atom is 0.0897 e. The summed E-state index contributed by atoms with van der Waals surface area (Å²) in [6.45, 7) is 4.74. The zero-order chi connectivity index (χ0) is 14.5. The van der Waals surface area contributed by atoms with Crippen LogP contribution in [0.25, 0.3) is 0 Å². The van der Waals surface area contributed by atoms with Crippen LogP contribution >= 0.6 is 27.3 Å². The number of benzene rings is 1. The van der Waals surface area contributed by atoms with Crippen molar-refractivity contribution in [1.82, 2.24) is 15.2 Å². The minimum atomic E-state index is 0.884. The van der Waals surface area contributed by atoms with E-state index >= 15 is 0 Å². The van der Waals surface area contributed by atoms with Crippen LogP contribution in [0, 0.1) is 6.92 Å². The Morgan fingerprint density at radius 1 is 1.35 bits per heavy atom. The van der Waals surface area contributed by atoms with Crippen LogP contribution in [0.15, 0.2) is 28.1 Å². The minimum Gasteiger partial charge on any atom is -0.316 e. The summed E-state index contributed by atoms with van der Waals surface area (Å²) < 4.78 is 1.17. The second kappa shape index (κ2) is 7.31. The lowest BCUT2D eigenvalue weighted by Crippen LogP contribution is -2.18. The number of hydrogen-bond acceptors (Lipinski definition) is 4. The highest BCUT2D eigenvalue weighted by Gasteiger charge is 2.07. The van der Waals surface area contributed by atoms with Gasteiger partial charge in [-0.2, -0.15) is 0 Å². The van der Waals surface area contributed by atoms with E-state index in [-0.39, 0.29) is 0 Å². The molecule has 1 aromatic carbocycles. The van der Waals surface area contributed by atoms with E-state index in [1.54, 1.807) is 11.3 Å². The molecule has 0 bridgehead atoms. The van der Waals surface area contributed by atoms with Crippen molar-refractivity contribution in [2.45, 2.75) is 26.6 Å². The van der Waals surface area contributed by atoms with Crippen molar-refractivity contribution in [2.24, 2.45) is 0 Å². The Morgan fingerprint density at radius 3 is 2.75 bits per heavy atom. The molecule has 3 nitrogen and oxygen atoms in total. The summed E-state index contributed by atoms with van der Waals surface area (Å²) in [6, 6.07) is 6.56. The fourth-order valence-corrected chi connectivity index (χ4v) is 3.29. The monoisotopic (exact) mass is 353 g/mol. The van der Waals surface area contributed by atoms with Gasteiger partial charge in [0.2, 0.25) is 0 Å². The quantitative estimate of drug-likeness (QED) is 0.860. The summed E-state index contributed by atoms with van der Waals surface area (Å²) in [7, 11) is 4.09. The third kappa shape index (κ3) is 4.38. The van der Waals surface area contributed by atoms with Crippen molar-refractivity contribution < 1.29 is 0 Å². The molecule has 0 aliphatic carbocycles. The predicted octanol–water partition coefficient (Wildman–Crippen LogP) is 3.57. The Labute approximate surface area is 133 Å². The van der Waals surface area contributed by atoms with Gasteiger partial charge < -0.3 is 5.32 Å². The number of aromatic nitrogens is 1. The number of thiazole rings is 1. The van der Waals surface area contributed by atoms with Gasteiger partial charge in [0.25, 0.3) is 0 Å². The van der Waals surface area contributed by atoms with Gasteiger partial charge in [-0.1, -0.05) is 28.1 Å². The van der Waals surface area contributed by atoms with Crippen LogP contribution in [-0.4, -0.2) is 24.0 Å². The molecule has 0 atom stereocenters. The molecule has 0 aliphatic heterocycles. The molecular formula is C15H20BrN3S. The van der Waals surface area contributed by atoms with Crippen LogP contribution in [-0.2, 0) is 19.6 Å². The number of aryl methyl sites for hydroxylation is 1. The van der Waals surface area contributed by atoms with E-state index < -0.39 is 0 Å². The average Bonchev–Trinajstić information content (AvgIpc) is 2.78. The predicted molar refractivity (Wildman–Crippen MR) is 88.9 cm³/mol. The summed E-state index contributed by atoms with van der Waals surface area (Å²) in [5, 5.41) is 6.43. The van der Waals surface area contributed by atoms with Crippen molar-refractivity contribution in [1.29, 1.82) is 0 Å². The average molecular weight is 354 g/mol. The minimum absolute atomic E-state index is 0.884. The first-order valence-electron chi connectivity index (χ1n) is 6.60. The molecule has 0 amide bonds. The molecule has 2 aromatic rings. The maximum atomic E-state index is 4.51. The fourth-order valence-electron chi connectivity index (χ4n) is 2.14. The Kier molecular flexibility index (Phi) is 5.72. The highest BCUT2D eigenvalue weighted by molar-refractivity contribution is 9.10. The zero-order valence-corrected chi connectivity index (χ0v) is 14.5. The van der Waals surface area contributed by atoms with E-state index in [4.69, 9.17) is 0 Å². The molecule has 0 radical (unpaired) electrons. The van der Waals surface area contributed by atoms with Gasteiger partial charge in [0.1, 0.15) is 0 Å². The standard InChI is InChI=1S/C15H20BrN3S/c1-11-18-14(10-20-11)9-19(3)8-13-5-4-12(7-17-2)6-15(13)16/h4-6,10,17H,7-9H2,1-3H3. The first kappa shape index (κ1) is 15.6. The lowest BCUT2D eigenvalue weighted by atomic mass is 10.1. The van der Waals surface area contributed by atoms with Gasteiger partial charge in [-0.15, -0.1) is 11.3 Å². The van der Waals surface area contributed by atoms with Crippen LogP contribution in [0.3, 0.4) is 0 Å². The third-order valence-electron chi connectivity index (χ3n) is 3.04. The van der Waals surface area contributed by atoms with Gasteiger partial charge in [-0.3, -0.25) is 4.90 Å². The number of hydrogen-bond donors (Lipinski definition) is 1.